The van der Waals surface area contributed by atoms with Crippen molar-refractivity contribution in [2.75, 3.05) is 27.2 Å². The van der Waals surface area contributed by atoms with E-state index in [-0.39, 0.29) is 5.56 Å². The van der Waals surface area contributed by atoms with Gasteiger partial charge in [0.25, 0.3) is 0 Å². The lowest BCUT2D eigenvalue weighted by atomic mass is 10.0. The van der Waals surface area contributed by atoms with Crippen LogP contribution in [0.3, 0.4) is 0 Å². The lowest BCUT2D eigenvalue weighted by molar-refractivity contribution is -0.890. The second-order valence-corrected chi connectivity index (χ2v) is 14.7. The fourth-order valence-electron chi connectivity index (χ4n) is 6.34. The molecule has 268 valence electrons. The zero-order valence-corrected chi connectivity index (χ0v) is 31.6. The number of nitrogens with zero attached hydrogens (tertiary/aromatic N) is 1. The average molecular weight is 642 g/mol. The van der Waals surface area contributed by atoms with Crippen molar-refractivity contribution in [3.8, 4) is 0 Å². The van der Waals surface area contributed by atoms with Gasteiger partial charge in [-0.05, 0) is 36.8 Å². The topological polar surface area (TPSA) is 40.1 Å². The zero-order chi connectivity index (χ0) is 34.0. The normalized spacial score (nSPS) is 11.3. The maximum Gasteiger partial charge on any atom is 0.0782 e. The molecule has 0 N–H and O–H groups in total. The zero-order valence-electron chi connectivity index (χ0n) is 31.6. The van der Waals surface area contributed by atoms with Crippen LogP contribution >= 0.6 is 0 Å². The van der Waals surface area contributed by atoms with Gasteiger partial charge in [0.1, 0.15) is 0 Å². The van der Waals surface area contributed by atoms with E-state index in [2.05, 4.69) is 34.5 Å². The number of benzene rings is 1. The van der Waals surface area contributed by atoms with Gasteiger partial charge in [0.05, 0.1) is 33.2 Å². The third-order valence-electron chi connectivity index (χ3n) is 9.62. The van der Waals surface area contributed by atoms with Gasteiger partial charge in [-0.3, -0.25) is 0 Å². The first kappa shape index (κ1) is 44.4. The SMILES string of the molecule is C=Cc1ccc(C(=O)[O-])cc1.CCCCCCCCCCCCCCCC[N+](C)(C)CCCCCCCCCCCCCCCC. The van der Waals surface area contributed by atoms with Crippen molar-refractivity contribution in [3.05, 3.63) is 42.0 Å². The van der Waals surface area contributed by atoms with Gasteiger partial charge < -0.3 is 14.4 Å². The number of carbonyl (C=O) groups is 1. The molecule has 0 atom stereocenters. The molecular formula is C43H79NO2. The highest BCUT2D eigenvalue weighted by Crippen LogP contribution is 2.16. The molecule has 0 aromatic heterocycles. The second kappa shape index (κ2) is 33.3. The van der Waals surface area contributed by atoms with Gasteiger partial charge in [0.15, 0.2) is 0 Å². The summed E-state index contributed by atoms with van der Waals surface area (Å²) in [5.41, 5.74) is 1.09. The molecule has 3 heteroatoms. The van der Waals surface area contributed by atoms with Gasteiger partial charge in [-0.1, -0.05) is 205 Å². The minimum absolute atomic E-state index is 0.190. The van der Waals surface area contributed by atoms with Crippen LogP contribution in [-0.2, 0) is 0 Å². The largest absolute Gasteiger partial charge is 0.545 e. The highest BCUT2D eigenvalue weighted by Gasteiger charge is 2.13. The molecule has 0 aliphatic carbocycles. The van der Waals surface area contributed by atoms with Crippen LogP contribution in [0.15, 0.2) is 30.8 Å². The highest BCUT2D eigenvalue weighted by molar-refractivity contribution is 5.85. The van der Waals surface area contributed by atoms with E-state index < -0.39 is 5.97 Å². The first-order valence-electron chi connectivity index (χ1n) is 20.1. The molecule has 3 nitrogen and oxygen atoms in total. The van der Waals surface area contributed by atoms with E-state index in [0.29, 0.717) is 0 Å². The van der Waals surface area contributed by atoms with E-state index in [4.69, 9.17) is 0 Å². The lowest BCUT2D eigenvalue weighted by Crippen LogP contribution is -2.41. The van der Waals surface area contributed by atoms with Gasteiger partial charge in [0.2, 0.25) is 0 Å². The third-order valence-corrected chi connectivity index (χ3v) is 9.62. The van der Waals surface area contributed by atoms with Crippen LogP contribution in [0.1, 0.15) is 210 Å². The van der Waals surface area contributed by atoms with E-state index in [9.17, 15) is 9.90 Å². The molecule has 46 heavy (non-hydrogen) atoms. The van der Waals surface area contributed by atoms with E-state index >= 15 is 0 Å². The van der Waals surface area contributed by atoms with Crippen molar-refractivity contribution in [3.63, 3.8) is 0 Å². The van der Waals surface area contributed by atoms with Crippen LogP contribution in [0.25, 0.3) is 6.08 Å². The number of carboxylic acids is 1. The molecule has 0 radical (unpaired) electrons. The fraction of sp³-hybridized carbons (Fsp3) is 0.791. The molecule has 0 saturated heterocycles. The van der Waals surface area contributed by atoms with Crippen molar-refractivity contribution in [1.82, 2.24) is 0 Å². The Morgan fingerprint density at radius 2 is 0.783 bits per heavy atom. The first-order chi connectivity index (χ1) is 22.4. The maximum absolute atomic E-state index is 10.3. The van der Waals surface area contributed by atoms with Crippen LogP contribution in [0, 0.1) is 0 Å². The number of hydrogen-bond acceptors (Lipinski definition) is 2. The summed E-state index contributed by atoms with van der Waals surface area (Å²) in [6.07, 6.45) is 42.6. The molecule has 0 unspecified atom stereocenters. The summed E-state index contributed by atoms with van der Waals surface area (Å²) in [4.78, 5) is 10.3. The smallest absolute Gasteiger partial charge is 0.0782 e. The Kier molecular flexibility index (Phi) is 32.1. The molecule has 0 spiro atoms. The molecule has 1 aromatic carbocycles. The second-order valence-electron chi connectivity index (χ2n) is 14.7. The first-order valence-corrected chi connectivity index (χ1v) is 20.1. The van der Waals surface area contributed by atoms with Crippen LogP contribution in [-0.4, -0.2) is 37.6 Å². The fourth-order valence-corrected chi connectivity index (χ4v) is 6.34. The van der Waals surface area contributed by atoms with Crippen molar-refractivity contribution in [1.29, 1.82) is 0 Å². The standard InChI is InChI=1S/C34H72N.C9H8O2/c1-5-7-9-11-13-15-17-19-21-23-25-27-29-31-33-35(3,4)34-32-30-28-26-24-22-20-18-16-14-12-10-8-6-2;1-2-7-3-5-8(6-4-7)9(10)11/h5-34H2,1-4H3;2-6H,1H2,(H,10,11)/q+1;/p-1. The number of quaternary nitrogens is 1. The molecule has 1 aromatic rings. The molecule has 0 fully saturated rings. The minimum atomic E-state index is -1.15. The molecular weight excluding hydrogens is 562 g/mol. The Labute approximate surface area is 288 Å². The van der Waals surface area contributed by atoms with Crippen LogP contribution < -0.4 is 5.11 Å². The predicted molar refractivity (Wildman–Crippen MR) is 203 cm³/mol. The third kappa shape index (κ3) is 31.0. The Hall–Kier alpha value is -1.61. The van der Waals surface area contributed by atoms with E-state index in [1.54, 1.807) is 18.2 Å². The Balaban J connectivity index is 0.00000153. The molecule has 0 heterocycles. The maximum atomic E-state index is 10.3. The van der Waals surface area contributed by atoms with Crippen molar-refractivity contribution < 1.29 is 14.4 Å². The van der Waals surface area contributed by atoms with Crippen LogP contribution in [0.4, 0.5) is 0 Å². The molecule has 0 bridgehead atoms. The highest BCUT2D eigenvalue weighted by atomic mass is 16.4. The monoisotopic (exact) mass is 642 g/mol. The lowest BCUT2D eigenvalue weighted by Gasteiger charge is -2.30. The summed E-state index contributed by atoms with van der Waals surface area (Å²) in [5.74, 6) is -1.15. The van der Waals surface area contributed by atoms with E-state index in [0.717, 1.165) is 5.56 Å². The quantitative estimate of drug-likeness (QED) is 0.0580. The van der Waals surface area contributed by atoms with E-state index in [1.165, 1.54) is 209 Å². The summed E-state index contributed by atoms with van der Waals surface area (Å²) in [6, 6.07) is 6.34. The summed E-state index contributed by atoms with van der Waals surface area (Å²) in [7, 11) is 4.93. The summed E-state index contributed by atoms with van der Waals surface area (Å²) in [5, 5.41) is 10.3. The van der Waals surface area contributed by atoms with Crippen molar-refractivity contribution in [2.45, 2.75) is 194 Å². The van der Waals surface area contributed by atoms with Gasteiger partial charge in [0, 0.05) is 0 Å². The Morgan fingerprint density at radius 1 is 0.522 bits per heavy atom. The molecule has 0 aliphatic rings. The average Bonchev–Trinajstić information content (AvgIpc) is 3.05. The number of hydrogen-bond donors (Lipinski definition) is 0. The van der Waals surface area contributed by atoms with Gasteiger partial charge in [-0.2, -0.15) is 0 Å². The van der Waals surface area contributed by atoms with Gasteiger partial charge in [-0.15, -0.1) is 0 Å². The van der Waals surface area contributed by atoms with Crippen LogP contribution in [0.5, 0.6) is 0 Å². The van der Waals surface area contributed by atoms with Gasteiger partial charge >= 0.3 is 0 Å². The molecule has 0 saturated carbocycles. The number of carboxylic acid groups (broad SMARTS) is 1. The summed E-state index contributed by atoms with van der Waals surface area (Å²) >= 11 is 0. The van der Waals surface area contributed by atoms with Crippen LogP contribution in [0.2, 0.25) is 0 Å². The number of carbonyl (C=O) groups excluding carboxylic acids is 1. The molecule has 0 amide bonds. The van der Waals surface area contributed by atoms with Gasteiger partial charge in [-0.25, -0.2) is 0 Å². The number of unbranched alkanes of at least 4 members (excludes halogenated alkanes) is 26. The molecule has 1 rings (SSSR count). The summed E-state index contributed by atoms with van der Waals surface area (Å²) in [6.45, 7) is 10.9. The minimum Gasteiger partial charge on any atom is -0.545 e. The number of rotatable bonds is 32. The number of aromatic carboxylic acids is 1. The van der Waals surface area contributed by atoms with E-state index in [1.807, 2.05) is 0 Å². The van der Waals surface area contributed by atoms with Crippen molar-refractivity contribution in [2.24, 2.45) is 0 Å². The van der Waals surface area contributed by atoms with Crippen molar-refractivity contribution >= 4 is 12.0 Å². The summed E-state index contributed by atoms with van der Waals surface area (Å²) < 4.78 is 1.25. The predicted octanol–water partition coefficient (Wildman–Crippen LogP) is 12.7. The molecule has 0 aliphatic heterocycles. The Morgan fingerprint density at radius 3 is 1.02 bits per heavy atom. The Bertz CT molecular complexity index is 750.